The molecule has 82 valence electrons. The standard InChI is InChI=1S/C14H21N/c1-3-11(2)10-14-13-7-5-4-6-12(13)8-9-15-14/h4-7,11,14-15H,3,8-10H2,1-2H3. The van der Waals surface area contributed by atoms with Crippen LogP contribution in [0.15, 0.2) is 24.3 Å². The van der Waals surface area contributed by atoms with Gasteiger partial charge in [-0.1, -0.05) is 44.5 Å². The number of fused-ring (bicyclic) bond motifs is 1. The first-order valence-electron chi connectivity index (χ1n) is 6.12. The van der Waals surface area contributed by atoms with Gasteiger partial charge in [0.05, 0.1) is 0 Å². The quantitative estimate of drug-likeness (QED) is 0.794. The van der Waals surface area contributed by atoms with Crippen LogP contribution in [0.5, 0.6) is 0 Å². The summed E-state index contributed by atoms with van der Waals surface area (Å²) in [6, 6.07) is 9.47. The van der Waals surface area contributed by atoms with Crippen LogP contribution in [0, 0.1) is 5.92 Å². The fraction of sp³-hybridized carbons (Fsp3) is 0.571. The van der Waals surface area contributed by atoms with Crippen molar-refractivity contribution in [2.75, 3.05) is 6.54 Å². The lowest BCUT2D eigenvalue weighted by Crippen LogP contribution is -2.30. The molecule has 1 nitrogen and oxygen atoms in total. The van der Waals surface area contributed by atoms with Gasteiger partial charge in [-0.2, -0.15) is 0 Å². The SMILES string of the molecule is CCC(C)CC1NCCc2ccccc21. The number of benzene rings is 1. The van der Waals surface area contributed by atoms with Gasteiger partial charge in [0.1, 0.15) is 0 Å². The zero-order valence-electron chi connectivity index (χ0n) is 9.79. The Bertz CT molecular complexity index is 319. The van der Waals surface area contributed by atoms with Gasteiger partial charge in [-0.15, -0.1) is 0 Å². The summed E-state index contributed by atoms with van der Waals surface area (Å²) in [6.07, 6.45) is 3.74. The second kappa shape index (κ2) is 4.80. The smallest absolute Gasteiger partial charge is 0.0325 e. The highest BCUT2D eigenvalue weighted by atomic mass is 14.9. The Morgan fingerprint density at radius 3 is 3.00 bits per heavy atom. The fourth-order valence-corrected chi connectivity index (χ4v) is 2.37. The summed E-state index contributed by atoms with van der Waals surface area (Å²) in [7, 11) is 0. The minimum atomic E-state index is 0.588. The van der Waals surface area contributed by atoms with Crippen molar-refractivity contribution < 1.29 is 0 Å². The van der Waals surface area contributed by atoms with E-state index in [0.29, 0.717) is 6.04 Å². The van der Waals surface area contributed by atoms with E-state index in [-0.39, 0.29) is 0 Å². The van der Waals surface area contributed by atoms with Gasteiger partial charge in [0, 0.05) is 6.04 Å². The molecule has 2 rings (SSSR count). The molecule has 0 saturated carbocycles. The molecule has 2 unspecified atom stereocenters. The molecule has 1 aliphatic rings. The third-order valence-electron chi connectivity index (χ3n) is 3.55. The van der Waals surface area contributed by atoms with Crippen LogP contribution < -0.4 is 5.32 Å². The summed E-state index contributed by atoms with van der Waals surface area (Å²) in [5.41, 5.74) is 3.08. The molecule has 0 aliphatic carbocycles. The number of hydrogen-bond donors (Lipinski definition) is 1. The second-order valence-electron chi connectivity index (χ2n) is 4.70. The first-order valence-corrected chi connectivity index (χ1v) is 6.12. The molecule has 1 heteroatoms. The molecule has 0 spiro atoms. The van der Waals surface area contributed by atoms with Gasteiger partial charge in [-0.3, -0.25) is 0 Å². The first-order chi connectivity index (χ1) is 7.31. The van der Waals surface area contributed by atoms with Crippen LogP contribution in [0.4, 0.5) is 0 Å². The Hall–Kier alpha value is -0.820. The van der Waals surface area contributed by atoms with Crippen LogP contribution in [0.25, 0.3) is 0 Å². The van der Waals surface area contributed by atoms with E-state index < -0.39 is 0 Å². The van der Waals surface area contributed by atoms with Crippen LogP contribution in [-0.4, -0.2) is 6.54 Å². The molecule has 2 atom stereocenters. The Morgan fingerprint density at radius 2 is 2.20 bits per heavy atom. The van der Waals surface area contributed by atoms with Crippen LogP contribution >= 0.6 is 0 Å². The molecular formula is C14H21N. The van der Waals surface area contributed by atoms with Crippen molar-refractivity contribution in [2.24, 2.45) is 5.92 Å². The molecule has 1 aromatic carbocycles. The topological polar surface area (TPSA) is 12.0 Å². The van der Waals surface area contributed by atoms with Crippen LogP contribution in [0.3, 0.4) is 0 Å². The van der Waals surface area contributed by atoms with Gasteiger partial charge < -0.3 is 5.32 Å². The summed E-state index contributed by atoms with van der Waals surface area (Å²) < 4.78 is 0. The Kier molecular flexibility index (Phi) is 3.42. The van der Waals surface area contributed by atoms with Gasteiger partial charge in [0.15, 0.2) is 0 Å². The highest BCUT2D eigenvalue weighted by molar-refractivity contribution is 5.32. The Balaban J connectivity index is 2.15. The van der Waals surface area contributed by atoms with Crippen molar-refractivity contribution in [1.29, 1.82) is 0 Å². The molecule has 0 saturated heterocycles. The molecule has 1 aromatic rings. The molecule has 0 radical (unpaired) electrons. The largest absolute Gasteiger partial charge is 0.310 e. The Morgan fingerprint density at radius 1 is 1.40 bits per heavy atom. The average molecular weight is 203 g/mol. The molecule has 1 N–H and O–H groups in total. The van der Waals surface area contributed by atoms with Gasteiger partial charge in [0.25, 0.3) is 0 Å². The molecule has 1 aliphatic heterocycles. The molecule has 0 amide bonds. The van der Waals surface area contributed by atoms with Crippen molar-refractivity contribution in [2.45, 2.75) is 39.2 Å². The lowest BCUT2D eigenvalue weighted by atomic mass is 9.88. The van der Waals surface area contributed by atoms with Gasteiger partial charge in [-0.25, -0.2) is 0 Å². The highest BCUT2D eigenvalue weighted by Crippen LogP contribution is 2.28. The lowest BCUT2D eigenvalue weighted by molar-refractivity contribution is 0.390. The zero-order valence-corrected chi connectivity index (χ0v) is 9.79. The number of rotatable bonds is 3. The van der Waals surface area contributed by atoms with Crippen LogP contribution in [-0.2, 0) is 6.42 Å². The van der Waals surface area contributed by atoms with Crippen molar-refractivity contribution in [3.63, 3.8) is 0 Å². The van der Waals surface area contributed by atoms with E-state index in [1.54, 1.807) is 5.56 Å². The van der Waals surface area contributed by atoms with E-state index in [1.165, 1.54) is 24.8 Å². The maximum atomic E-state index is 3.64. The minimum Gasteiger partial charge on any atom is -0.310 e. The molecule has 0 fully saturated rings. The molecule has 1 heterocycles. The van der Waals surface area contributed by atoms with Gasteiger partial charge >= 0.3 is 0 Å². The van der Waals surface area contributed by atoms with E-state index in [4.69, 9.17) is 0 Å². The highest BCUT2D eigenvalue weighted by Gasteiger charge is 2.20. The van der Waals surface area contributed by atoms with Crippen LogP contribution in [0.2, 0.25) is 0 Å². The minimum absolute atomic E-state index is 0.588. The monoisotopic (exact) mass is 203 g/mol. The predicted molar refractivity (Wildman–Crippen MR) is 65.0 cm³/mol. The van der Waals surface area contributed by atoms with Crippen molar-refractivity contribution in [1.82, 2.24) is 5.32 Å². The second-order valence-corrected chi connectivity index (χ2v) is 4.70. The van der Waals surface area contributed by atoms with Gasteiger partial charge in [0.2, 0.25) is 0 Å². The van der Waals surface area contributed by atoms with E-state index in [0.717, 1.165) is 12.5 Å². The summed E-state index contributed by atoms with van der Waals surface area (Å²) in [5.74, 6) is 0.814. The lowest BCUT2D eigenvalue weighted by Gasteiger charge is -2.28. The van der Waals surface area contributed by atoms with Crippen molar-refractivity contribution in [3.8, 4) is 0 Å². The summed E-state index contributed by atoms with van der Waals surface area (Å²) in [5, 5.41) is 3.64. The normalized spacial score (nSPS) is 22.1. The first kappa shape index (κ1) is 10.7. The van der Waals surface area contributed by atoms with E-state index in [1.807, 2.05) is 0 Å². The maximum absolute atomic E-state index is 3.64. The number of nitrogens with one attached hydrogen (secondary N) is 1. The van der Waals surface area contributed by atoms with Crippen LogP contribution in [0.1, 0.15) is 43.9 Å². The molecule has 0 bridgehead atoms. The Labute approximate surface area is 92.9 Å². The van der Waals surface area contributed by atoms with E-state index >= 15 is 0 Å². The zero-order chi connectivity index (χ0) is 10.7. The summed E-state index contributed by atoms with van der Waals surface area (Å²) in [6.45, 7) is 5.76. The molecule has 0 aromatic heterocycles. The van der Waals surface area contributed by atoms with Crippen molar-refractivity contribution >= 4 is 0 Å². The number of hydrogen-bond acceptors (Lipinski definition) is 1. The maximum Gasteiger partial charge on any atom is 0.0325 e. The summed E-state index contributed by atoms with van der Waals surface area (Å²) >= 11 is 0. The fourth-order valence-electron chi connectivity index (χ4n) is 2.37. The summed E-state index contributed by atoms with van der Waals surface area (Å²) in [4.78, 5) is 0. The predicted octanol–water partition coefficient (Wildman–Crippen LogP) is 3.31. The third kappa shape index (κ3) is 2.40. The van der Waals surface area contributed by atoms with E-state index in [2.05, 4.69) is 43.4 Å². The van der Waals surface area contributed by atoms with Crippen molar-refractivity contribution in [3.05, 3.63) is 35.4 Å². The third-order valence-corrected chi connectivity index (χ3v) is 3.55. The van der Waals surface area contributed by atoms with E-state index in [9.17, 15) is 0 Å². The van der Waals surface area contributed by atoms with Gasteiger partial charge in [-0.05, 0) is 36.4 Å². The average Bonchev–Trinajstić information content (AvgIpc) is 2.29. The molecular weight excluding hydrogens is 182 g/mol. The molecule has 15 heavy (non-hydrogen) atoms.